The number of carbonyl (C=O) groups excluding carboxylic acids is 2. The number of hydrogen-bond donors (Lipinski definition) is 3. The van der Waals surface area contributed by atoms with E-state index in [1.807, 2.05) is 0 Å². The van der Waals surface area contributed by atoms with Gasteiger partial charge in [0.2, 0.25) is 0 Å². The Morgan fingerprint density at radius 3 is 2.68 bits per heavy atom. The van der Waals surface area contributed by atoms with Crippen LogP contribution in [0.5, 0.6) is 0 Å². The maximum Gasteiger partial charge on any atom is 1.00 e. The van der Waals surface area contributed by atoms with Crippen LogP contribution in [0.1, 0.15) is 70.4 Å². The first-order valence-corrected chi connectivity index (χ1v) is 7.68. The van der Waals surface area contributed by atoms with Gasteiger partial charge in [0.15, 0.2) is 0 Å². The maximum absolute atomic E-state index is 12.0. The molecule has 0 unspecified atom stereocenters. The Morgan fingerprint density at radius 2 is 2.04 bits per heavy atom. The number of carboxylic acid groups (broad SMARTS) is 1. The smallest absolute Gasteiger partial charge is 0.550 e. The molecule has 1 aliphatic carbocycles. The number of aliphatic hydroxyl groups excluding tert-OH is 3. The summed E-state index contributed by atoms with van der Waals surface area (Å²) in [5, 5.41) is 41.0. The van der Waals surface area contributed by atoms with Crippen LogP contribution in [0.3, 0.4) is 0 Å². The van der Waals surface area contributed by atoms with Crippen molar-refractivity contribution in [3.63, 3.8) is 0 Å². The van der Waals surface area contributed by atoms with Crippen molar-refractivity contribution in [2.75, 3.05) is 0 Å². The quantitative estimate of drug-likeness (QED) is 0.269. The summed E-state index contributed by atoms with van der Waals surface area (Å²) in [7, 11) is 0. The van der Waals surface area contributed by atoms with Crippen molar-refractivity contribution >= 4 is 11.8 Å². The molecular formula is C18H29NaO6. The van der Waals surface area contributed by atoms with Crippen LogP contribution in [0.2, 0.25) is 0 Å². The Labute approximate surface area is 184 Å². The zero-order valence-electron chi connectivity index (χ0n) is 23.1. The Kier molecular flexibility index (Phi) is 6.78. The number of hydrogen-bond acceptors (Lipinski definition) is 6. The van der Waals surface area contributed by atoms with Gasteiger partial charge in [-0.2, -0.15) is 0 Å². The molecule has 1 rings (SSSR count). The van der Waals surface area contributed by atoms with Crippen LogP contribution in [-0.4, -0.2) is 45.4 Å². The molecular weight excluding hydrogens is 335 g/mol. The van der Waals surface area contributed by atoms with Crippen molar-refractivity contribution in [1.29, 1.82) is 0 Å². The predicted molar refractivity (Wildman–Crippen MR) is 86.8 cm³/mol. The Bertz CT molecular complexity index is 744. The first-order chi connectivity index (χ1) is 14.7. The van der Waals surface area contributed by atoms with Gasteiger partial charge in [0.25, 0.3) is 0 Å². The summed E-state index contributed by atoms with van der Waals surface area (Å²) in [6, 6.07) is 0. The molecule has 6 nitrogen and oxygen atoms in total. The van der Waals surface area contributed by atoms with Gasteiger partial charge in [-0.25, -0.2) is 0 Å². The van der Waals surface area contributed by atoms with Crippen LogP contribution in [0.25, 0.3) is 0 Å². The van der Waals surface area contributed by atoms with Crippen LogP contribution in [-0.2, 0) is 9.59 Å². The molecule has 5 atom stereocenters. The average Bonchev–Trinajstić information content (AvgIpc) is 2.89. The number of ketones is 1. The zero-order valence-corrected chi connectivity index (χ0v) is 16.1. The topological polar surface area (TPSA) is 118 Å². The third-order valence-electron chi connectivity index (χ3n) is 4.00. The fourth-order valence-electron chi connectivity index (χ4n) is 2.80. The Balaban J connectivity index is 0.0000109. The van der Waals surface area contributed by atoms with Crippen LogP contribution >= 0.6 is 0 Å². The van der Waals surface area contributed by atoms with Crippen molar-refractivity contribution in [2.45, 2.75) is 76.4 Å². The predicted octanol–water partition coefficient (Wildman–Crippen LogP) is -2.66. The van der Waals surface area contributed by atoms with Crippen molar-refractivity contribution in [2.24, 2.45) is 11.8 Å². The zero-order chi connectivity index (χ0) is 26.0. The van der Waals surface area contributed by atoms with E-state index in [0.717, 1.165) is 6.08 Å². The van der Waals surface area contributed by atoms with E-state index in [2.05, 4.69) is 0 Å². The van der Waals surface area contributed by atoms with Crippen LogP contribution in [0.4, 0.5) is 0 Å². The normalized spacial score (nSPS) is 34.8. The standard InChI is InChI=1S/C18H30O6.Na/c1-2-3-4-5-12(19)6-8-14-15(17(22)11-16(14)21)10-13(20)7-9-18(23)24;/h6,8,12,14-17,19,21-22H,2-5,7,9-11H2,1H3,(H,23,24);/q;+1/p-1/b8-6+;/t12-,14+,15+,16+,17-;/m0./s1/i1D3,2D2,3D2,4D2;. The van der Waals surface area contributed by atoms with Crippen LogP contribution in [0.15, 0.2) is 12.2 Å². The number of Topliss-reactive ketones (excluding diaryl/α,β-unsaturated/α-hetero) is 1. The SMILES string of the molecule is [2H]C([2H])([2H])C([2H])([2H])C([2H])([2H])C([2H])([2H])C[C@H](O)/C=C/[C@@H]1[C@@H](CC(=O)CCC(=O)[O-])[C@@H](O)C[C@H]1O.[Na+]. The van der Waals surface area contributed by atoms with Gasteiger partial charge < -0.3 is 25.2 Å². The minimum absolute atomic E-state index is 0. The Morgan fingerprint density at radius 1 is 1.32 bits per heavy atom. The summed E-state index contributed by atoms with van der Waals surface area (Å²) in [6.07, 6.45) is -14.0. The summed E-state index contributed by atoms with van der Waals surface area (Å²) < 4.78 is 68.0. The number of aliphatic carboxylic acids is 1. The average molecular weight is 373 g/mol. The molecule has 0 aliphatic heterocycles. The number of carboxylic acids is 1. The van der Waals surface area contributed by atoms with E-state index in [-0.39, 0.29) is 48.8 Å². The molecule has 0 aromatic rings. The molecule has 0 bridgehead atoms. The second-order valence-electron chi connectivity index (χ2n) is 5.81. The first-order valence-electron chi connectivity index (χ1n) is 12.2. The summed E-state index contributed by atoms with van der Waals surface area (Å²) in [6.45, 7) is -3.47. The van der Waals surface area contributed by atoms with Gasteiger partial charge in [0, 0.05) is 49.4 Å². The summed E-state index contributed by atoms with van der Waals surface area (Å²) in [4.78, 5) is 22.5. The van der Waals surface area contributed by atoms with Crippen molar-refractivity contribution in [1.82, 2.24) is 0 Å². The van der Waals surface area contributed by atoms with Gasteiger partial charge in [-0.05, 0) is 12.8 Å². The fraction of sp³-hybridized carbons (Fsp3) is 0.778. The van der Waals surface area contributed by atoms with E-state index in [1.165, 1.54) is 6.08 Å². The van der Waals surface area contributed by atoms with Gasteiger partial charge in [0.05, 0.1) is 18.3 Å². The van der Waals surface area contributed by atoms with Crippen LogP contribution in [0, 0.1) is 11.8 Å². The fourth-order valence-corrected chi connectivity index (χ4v) is 2.80. The third-order valence-corrected chi connectivity index (χ3v) is 4.00. The summed E-state index contributed by atoms with van der Waals surface area (Å²) in [5.41, 5.74) is 0. The van der Waals surface area contributed by atoms with Gasteiger partial charge >= 0.3 is 29.6 Å². The molecule has 0 heterocycles. The first kappa shape index (κ1) is 13.0. The molecule has 0 amide bonds. The molecule has 0 aromatic heterocycles. The van der Waals surface area contributed by atoms with Gasteiger partial charge in [-0.15, -0.1) is 0 Å². The second-order valence-corrected chi connectivity index (χ2v) is 5.81. The molecule has 138 valence electrons. The Hall–Kier alpha value is -0.240. The van der Waals surface area contributed by atoms with E-state index in [9.17, 15) is 30.0 Å². The van der Waals surface area contributed by atoms with Crippen molar-refractivity contribution in [3.05, 3.63) is 12.2 Å². The number of aliphatic hydroxyl groups is 3. The molecule has 1 saturated carbocycles. The molecule has 1 fully saturated rings. The van der Waals surface area contributed by atoms with E-state index < -0.39 is 80.7 Å². The van der Waals surface area contributed by atoms with E-state index in [1.54, 1.807) is 0 Å². The maximum atomic E-state index is 12.0. The van der Waals surface area contributed by atoms with Crippen molar-refractivity contribution < 1.29 is 71.9 Å². The molecule has 1 aliphatic rings. The molecule has 25 heavy (non-hydrogen) atoms. The summed E-state index contributed by atoms with van der Waals surface area (Å²) in [5.74, 6) is -3.54. The molecule has 0 aromatic carbocycles. The van der Waals surface area contributed by atoms with Crippen LogP contribution < -0.4 is 34.7 Å². The second kappa shape index (κ2) is 13.0. The molecule has 0 spiro atoms. The van der Waals surface area contributed by atoms with E-state index >= 15 is 0 Å². The monoisotopic (exact) mass is 373 g/mol. The van der Waals surface area contributed by atoms with Gasteiger partial charge in [-0.1, -0.05) is 38.1 Å². The van der Waals surface area contributed by atoms with Crippen molar-refractivity contribution in [3.8, 4) is 0 Å². The molecule has 7 heteroatoms. The molecule has 0 saturated heterocycles. The molecule has 0 radical (unpaired) electrons. The van der Waals surface area contributed by atoms with E-state index in [4.69, 9.17) is 12.3 Å². The molecule has 3 N–H and O–H groups in total. The summed E-state index contributed by atoms with van der Waals surface area (Å²) >= 11 is 0. The minimum Gasteiger partial charge on any atom is -0.550 e. The number of carbonyl (C=O) groups is 2. The van der Waals surface area contributed by atoms with E-state index in [0.29, 0.717) is 0 Å². The number of rotatable bonds is 11. The largest absolute Gasteiger partial charge is 1.00 e. The van der Waals surface area contributed by atoms with Gasteiger partial charge in [0.1, 0.15) is 5.78 Å². The minimum atomic E-state index is -3.56. The van der Waals surface area contributed by atoms with Gasteiger partial charge in [-0.3, -0.25) is 4.79 Å². The third kappa shape index (κ3) is 9.31.